The molecule has 0 aliphatic heterocycles. The van der Waals surface area contributed by atoms with Gasteiger partial charge in [0, 0.05) is 12.1 Å². The van der Waals surface area contributed by atoms with Crippen molar-refractivity contribution in [3.8, 4) is 0 Å². The Labute approximate surface area is 82.3 Å². The van der Waals surface area contributed by atoms with Crippen molar-refractivity contribution in [1.29, 1.82) is 0 Å². The topological polar surface area (TPSA) is 66.4 Å². The number of carbonyl (C=O) groups excluding carboxylic acids is 1. The number of nitrogens with one attached hydrogen (secondary N) is 1. The lowest BCUT2D eigenvalue weighted by molar-refractivity contribution is -0.140. The molecule has 1 aliphatic rings. The third-order valence-electron chi connectivity index (χ3n) is 2.06. The van der Waals surface area contributed by atoms with Gasteiger partial charge in [0.15, 0.2) is 0 Å². The Morgan fingerprint density at radius 1 is 1.64 bits per heavy atom. The molecule has 4 nitrogen and oxygen atoms in total. The number of rotatable bonds is 3. The van der Waals surface area contributed by atoms with Gasteiger partial charge < -0.3 is 10.4 Å². The SMILES string of the molecule is CCC(=O)NC1=CC=CCC1C(=O)O. The number of amides is 1. The van der Waals surface area contributed by atoms with Crippen molar-refractivity contribution in [2.75, 3.05) is 0 Å². The molecule has 0 spiro atoms. The molecule has 1 amide bonds. The highest BCUT2D eigenvalue weighted by Gasteiger charge is 2.23. The van der Waals surface area contributed by atoms with Crippen molar-refractivity contribution >= 4 is 11.9 Å². The zero-order valence-electron chi connectivity index (χ0n) is 7.99. The molecule has 1 unspecified atom stereocenters. The van der Waals surface area contributed by atoms with E-state index in [0.29, 0.717) is 18.5 Å². The molecule has 14 heavy (non-hydrogen) atoms. The fraction of sp³-hybridized carbons (Fsp3) is 0.400. The molecule has 0 bridgehead atoms. The second-order valence-electron chi connectivity index (χ2n) is 3.08. The number of carbonyl (C=O) groups is 2. The van der Waals surface area contributed by atoms with Gasteiger partial charge >= 0.3 is 5.97 Å². The van der Waals surface area contributed by atoms with Gasteiger partial charge in [-0.2, -0.15) is 0 Å². The highest BCUT2D eigenvalue weighted by molar-refractivity contribution is 5.81. The van der Waals surface area contributed by atoms with Crippen LogP contribution in [0.3, 0.4) is 0 Å². The first-order valence-corrected chi connectivity index (χ1v) is 4.54. The number of hydrogen-bond acceptors (Lipinski definition) is 2. The summed E-state index contributed by atoms with van der Waals surface area (Å²) in [6.45, 7) is 1.73. The highest BCUT2D eigenvalue weighted by Crippen LogP contribution is 2.18. The molecular weight excluding hydrogens is 182 g/mol. The normalized spacial score (nSPS) is 20.1. The minimum atomic E-state index is -0.906. The van der Waals surface area contributed by atoms with Crippen molar-refractivity contribution in [1.82, 2.24) is 5.32 Å². The van der Waals surface area contributed by atoms with Crippen molar-refractivity contribution in [3.63, 3.8) is 0 Å². The van der Waals surface area contributed by atoms with E-state index in [4.69, 9.17) is 5.11 Å². The maximum atomic E-state index is 11.1. The Hall–Kier alpha value is -1.58. The number of allylic oxidation sites excluding steroid dienone is 3. The molecule has 0 aromatic carbocycles. The van der Waals surface area contributed by atoms with E-state index in [2.05, 4.69) is 5.32 Å². The summed E-state index contributed by atoms with van der Waals surface area (Å²) in [6.07, 6.45) is 5.96. The monoisotopic (exact) mass is 195 g/mol. The van der Waals surface area contributed by atoms with Crippen molar-refractivity contribution in [3.05, 3.63) is 23.9 Å². The van der Waals surface area contributed by atoms with Crippen LogP contribution in [0.5, 0.6) is 0 Å². The minimum Gasteiger partial charge on any atom is -0.481 e. The van der Waals surface area contributed by atoms with Gasteiger partial charge in [0.25, 0.3) is 0 Å². The Bertz CT molecular complexity index is 304. The summed E-state index contributed by atoms with van der Waals surface area (Å²) in [6, 6.07) is 0. The highest BCUT2D eigenvalue weighted by atomic mass is 16.4. The summed E-state index contributed by atoms with van der Waals surface area (Å²) in [4.78, 5) is 21.9. The van der Waals surface area contributed by atoms with Crippen LogP contribution in [0.4, 0.5) is 0 Å². The van der Waals surface area contributed by atoms with Gasteiger partial charge in [0.05, 0.1) is 0 Å². The molecule has 0 radical (unpaired) electrons. The fourth-order valence-electron chi connectivity index (χ4n) is 1.24. The lowest BCUT2D eigenvalue weighted by Gasteiger charge is -2.17. The van der Waals surface area contributed by atoms with Crippen LogP contribution in [0.1, 0.15) is 19.8 Å². The van der Waals surface area contributed by atoms with E-state index in [1.165, 1.54) is 0 Å². The van der Waals surface area contributed by atoms with Crippen molar-refractivity contribution < 1.29 is 14.7 Å². The molecule has 0 fully saturated rings. The van der Waals surface area contributed by atoms with Crippen LogP contribution < -0.4 is 5.32 Å². The first-order valence-electron chi connectivity index (χ1n) is 4.54. The van der Waals surface area contributed by atoms with Crippen LogP contribution in [0.2, 0.25) is 0 Å². The molecule has 0 aromatic heterocycles. The van der Waals surface area contributed by atoms with E-state index in [0.717, 1.165) is 0 Å². The molecule has 0 heterocycles. The number of hydrogen-bond donors (Lipinski definition) is 2. The molecule has 76 valence electrons. The second-order valence-corrected chi connectivity index (χ2v) is 3.08. The first-order chi connectivity index (χ1) is 6.65. The molecule has 0 saturated heterocycles. The Balaban J connectivity index is 2.72. The fourth-order valence-corrected chi connectivity index (χ4v) is 1.24. The lowest BCUT2D eigenvalue weighted by atomic mass is 9.97. The maximum Gasteiger partial charge on any atom is 0.312 e. The molecule has 0 aromatic rings. The van der Waals surface area contributed by atoms with Crippen LogP contribution in [0, 0.1) is 5.92 Å². The van der Waals surface area contributed by atoms with Gasteiger partial charge in [-0.25, -0.2) is 0 Å². The largest absolute Gasteiger partial charge is 0.481 e. The molecular formula is C10H13NO3. The smallest absolute Gasteiger partial charge is 0.312 e. The van der Waals surface area contributed by atoms with E-state index in [1.54, 1.807) is 25.2 Å². The van der Waals surface area contributed by atoms with E-state index >= 15 is 0 Å². The summed E-state index contributed by atoms with van der Waals surface area (Å²) < 4.78 is 0. The molecule has 4 heteroatoms. The number of aliphatic carboxylic acids is 1. The third kappa shape index (κ3) is 2.45. The Morgan fingerprint density at radius 2 is 2.36 bits per heavy atom. The van der Waals surface area contributed by atoms with Crippen LogP contribution in [0.15, 0.2) is 23.9 Å². The lowest BCUT2D eigenvalue weighted by Crippen LogP contribution is -2.30. The second kappa shape index (κ2) is 4.60. The number of carboxylic acid groups (broad SMARTS) is 1. The molecule has 2 N–H and O–H groups in total. The van der Waals surface area contributed by atoms with Crippen LogP contribution in [-0.4, -0.2) is 17.0 Å². The quantitative estimate of drug-likeness (QED) is 0.707. The van der Waals surface area contributed by atoms with Gasteiger partial charge in [-0.15, -0.1) is 0 Å². The van der Waals surface area contributed by atoms with Gasteiger partial charge in [-0.1, -0.05) is 19.1 Å². The Kier molecular flexibility index (Phi) is 3.45. The van der Waals surface area contributed by atoms with E-state index in [9.17, 15) is 9.59 Å². The van der Waals surface area contributed by atoms with Gasteiger partial charge in [-0.3, -0.25) is 9.59 Å². The summed E-state index contributed by atoms with van der Waals surface area (Å²) in [5.74, 6) is -1.68. The standard InChI is InChI=1S/C10H13NO3/c1-2-9(12)11-8-6-4-3-5-7(8)10(13)14/h3-4,6-7H,2,5H2,1H3,(H,11,12)(H,13,14). The van der Waals surface area contributed by atoms with E-state index in [1.807, 2.05) is 0 Å². The van der Waals surface area contributed by atoms with Gasteiger partial charge in [-0.05, 0) is 12.5 Å². The Morgan fingerprint density at radius 3 is 2.93 bits per heavy atom. The van der Waals surface area contributed by atoms with Crippen molar-refractivity contribution in [2.45, 2.75) is 19.8 Å². The summed E-state index contributed by atoms with van der Waals surface area (Å²) >= 11 is 0. The van der Waals surface area contributed by atoms with Gasteiger partial charge in [0.1, 0.15) is 5.92 Å². The predicted octanol–water partition coefficient (Wildman–Crippen LogP) is 1.06. The molecule has 1 atom stereocenters. The molecule has 1 aliphatic carbocycles. The summed E-state index contributed by atoms with van der Waals surface area (Å²) in [7, 11) is 0. The summed E-state index contributed by atoms with van der Waals surface area (Å²) in [5.41, 5.74) is 0.479. The predicted molar refractivity (Wildman–Crippen MR) is 51.4 cm³/mol. The van der Waals surface area contributed by atoms with Gasteiger partial charge in [0.2, 0.25) is 5.91 Å². The third-order valence-corrected chi connectivity index (χ3v) is 2.06. The molecule has 1 rings (SSSR count). The average molecular weight is 195 g/mol. The average Bonchev–Trinajstić information content (AvgIpc) is 2.18. The van der Waals surface area contributed by atoms with Crippen LogP contribution in [0.25, 0.3) is 0 Å². The van der Waals surface area contributed by atoms with Crippen LogP contribution in [-0.2, 0) is 9.59 Å². The zero-order valence-corrected chi connectivity index (χ0v) is 7.99. The van der Waals surface area contributed by atoms with E-state index in [-0.39, 0.29) is 5.91 Å². The minimum absolute atomic E-state index is 0.155. The zero-order chi connectivity index (χ0) is 10.6. The maximum absolute atomic E-state index is 11.1. The van der Waals surface area contributed by atoms with Crippen molar-refractivity contribution in [2.24, 2.45) is 5.92 Å². The first kappa shape index (κ1) is 10.5. The van der Waals surface area contributed by atoms with Crippen LogP contribution >= 0.6 is 0 Å². The number of carboxylic acids is 1. The summed E-state index contributed by atoms with van der Waals surface area (Å²) in [5, 5.41) is 11.5. The van der Waals surface area contributed by atoms with E-state index < -0.39 is 11.9 Å². The molecule has 0 saturated carbocycles.